The third-order valence-corrected chi connectivity index (χ3v) is 3.58. The SMILES string of the molecule is COc1ccc(-n2c(C)nc3ccnc(OC)c32)cc1Cl. The first-order valence-electron chi connectivity index (χ1n) is 6.37. The van der Waals surface area contributed by atoms with E-state index < -0.39 is 0 Å². The molecule has 108 valence electrons. The largest absolute Gasteiger partial charge is 0.495 e. The molecule has 0 aliphatic heterocycles. The molecular weight excluding hydrogens is 290 g/mol. The number of pyridine rings is 1. The number of benzene rings is 1. The number of aryl methyl sites for hydroxylation is 1. The molecule has 3 rings (SSSR count). The predicted octanol–water partition coefficient (Wildman–Crippen LogP) is 3.40. The second kappa shape index (κ2) is 5.26. The molecule has 2 heterocycles. The van der Waals surface area contributed by atoms with Crippen LogP contribution in [0.2, 0.25) is 5.02 Å². The zero-order chi connectivity index (χ0) is 15.0. The average molecular weight is 304 g/mol. The van der Waals surface area contributed by atoms with E-state index in [-0.39, 0.29) is 0 Å². The van der Waals surface area contributed by atoms with Crippen LogP contribution in [-0.2, 0) is 0 Å². The Labute approximate surface area is 127 Å². The summed E-state index contributed by atoms with van der Waals surface area (Å²) in [7, 11) is 3.18. The van der Waals surface area contributed by atoms with Gasteiger partial charge in [-0.1, -0.05) is 11.6 Å². The van der Waals surface area contributed by atoms with Crippen molar-refractivity contribution in [3.63, 3.8) is 0 Å². The van der Waals surface area contributed by atoms with Gasteiger partial charge >= 0.3 is 0 Å². The number of rotatable bonds is 3. The molecule has 1 aromatic carbocycles. The van der Waals surface area contributed by atoms with Crippen molar-refractivity contribution in [1.29, 1.82) is 0 Å². The first-order valence-corrected chi connectivity index (χ1v) is 6.75. The van der Waals surface area contributed by atoms with E-state index in [2.05, 4.69) is 9.97 Å². The molecule has 0 atom stereocenters. The van der Waals surface area contributed by atoms with Crippen LogP contribution in [0.15, 0.2) is 30.5 Å². The smallest absolute Gasteiger partial charge is 0.240 e. The lowest BCUT2D eigenvalue weighted by atomic mass is 10.3. The van der Waals surface area contributed by atoms with Crippen LogP contribution in [0, 0.1) is 6.92 Å². The molecule has 0 aliphatic carbocycles. The van der Waals surface area contributed by atoms with Crippen molar-refractivity contribution in [2.75, 3.05) is 14.2 Å². The Bertz CT molecular complexity index is 814. The molecule has 5 nitrogen and oxygen atoms in total. The van der Waals surface area contributed by atoms with Crippen molar-refractivity contribution in [2.24, 2.45) is 0 Å². The van der Waals surface area contributed by atoms with Gasteiger partial charge in [0.1, 0.15) is 17.1 Å². The molecule has 0 saturated heterocycles. The molecule has 2 aromatic heterocycles. The third-order valence-electron chi connectivity index (χ3n) is 3.29. The maximum absolute atomic E-state index is 6.22. The summed E-state index contributed by atoms with van der Waals surface area (Å²) in [5.41, 5.74) is 2.53. The Balaban J connectivity index is 2.29. The number of hydrogen-bond acceptors (Lipinski definition) is 4. The van der Waals surface area contributed by atoms with Gasteiger partial charge in [0.05, 0.1) is 24.8 Å². The van der Waals surface area contributed by atoms with Gasteiger partial charge in [0, 0.05) is 11.9 Å². The van der Waals surface area contributed by atoms with E-state index in [1.165, 1.54) is 0 Å². The van der Waals surface area contributed by atoms with Gasteiger partial charge in [0.2, 0.25) is 5.88 Å². The molecule has 0 amide bonds. The first kappa shape index (κ1) is 13.7. The van der Waals surface area contributed by atoms with E-state index >= 15 is 0 Å². The summed E-state index contributed by atoms with van der Waals surface area (Å²) in [5.74, 6) is 1.99. The van der Waals surface area contributed by atoms with Crippen LogP contribution >= 0.6 is 11.6 Å². The molecule has 21 heavy (non-hydrogen) atoms. The van der Waals surface area contributed by atoms with Crippen molar-refractivity contribution in [2.45, 2.75) is 6.92 Å². The summed E-state index contributed by atoms with van der Waals surface area (Å²) < 4.78 is 12.5. The lowest BCUT2D eigenvalue weighted by molar-refractivity contribution is 0.402. The minimum Gasteiger partial charge on any atom is -0.495 e. The Morgan fingerprint density at radius 1 is 1.14 bits per heavy atom. The second-order valence-electron chi connectivity index (χ2n) is 4.50. The van der Waals surface area contributed by atoms with E-state index in [1.54, 1.807) is 20.4 Å². The molecular formula is C15H14ClN3O2. The van der Waals surface area contributed by atoms with Crippen molar-refractivity contribution in [1.82, 2.24) is 14.5 Å². The summed E-state index contributed by atoms with van der Waals surface area (Å²) in [5, 5.41) is 0.541. The zero-order valence-electron chi connectivity index (χ0n) is 11.9. The number of fused-ring (bicyclic) bond motifs is 1. The summed E-state index contributed by atoms with van der Waals surface area (Å²) in [6.07, 6.45) is 1.68. The fourth-order valence-corrected chi connectivity index (χ4v) is 2.62. The number of imidazole rings is 1. The van der Waals surface area contributed by atoms with Gasteiger partial charge in [-0.15, -0.1) is 0 Å². The molecule has 0 aliphatic rings. The highest BCUT2D eigenvalue weighted by Gasteiger charge is 2.15. The average Bonchev–Trinajstić information content (AvgIpc) is 2.82. The molecule has 3 aromatic rings. The summed E-state index contributed by atoms with van der Waals surface area (Å²) in [4.78, 5) is 8.78. The highest BCUT2D eigenvalue weighted by atomic mass is 35.5. The molecule has 0 radical (unpaired) electrons. The van der Waals surface area contributed by atoms with E-state index in [9.17, 15) is 0 Å². The van der Waals surface area contributed by atoms with Crippen molar-refractivity contribution in [3.05, 3.63) is 41.3 Å². The van der Waals surface area contributed by atoms with Crippen LogP contribution in [-0.4, -0.2) is 28.8 Å². The minimum absolute atomic E-state index is 0.528. The molecule has 0 bridgehead atoms. The minimum atomic E-state index is 0.528. The van der Waals surface area contributed by atoms with E-state index in [0.717, 1.165) is 22.5 Å². The Morgan fingerprint density at radius 2 is 1.95 bits per heavy atom. The molecule has 0 saturated carbocycles. The van der Waals surface area contributed by atoms with Gasteiger partial charge in [-0.3, -0.25) is 4.57 Å². The second-order valence-corrected chi connectivity index (χ2v) is 4.91. The Kier molecular flexibility index (Phi) is 3.43. The molecule has 0 spiro atoms. The van der Waals surface area contributed by atoms with Gasteiger partial charge in [-0.2, -0.15) is 0 Å². The highest BCUT2D eigenvalue weighted by Crippen LogP contribution is 2.31. The van der Waals surface area contributed by atoms with Gasteiger partial charge in [-0.25, -0.2) is 9.97 Å². The lowest BCUT2D eigenvalue weighted by Gasteiger charge is -2.11. The number of ether oxygens (including phenoxy) is 2. The molecule has 0 unspecified atom stereocenters. The van der Waals surface area contributed by atoms with Crippen LogP contribution in [0.4, 0.5) is 0 Å². The first-order chi connectivity index (χ1) is 10.2. The van der Waals surface area contributed by atoms with E-state index in [0.29, 0.717) is 16.7 Å². The van der Waals surface area contributed by atoms with Gasteiger partial charge < -0.3 is 9.47 Å². The van der Waals surface area contributed by atoms with Crippen molar-refractivity contribution < 1.29 is 9.47 Å². The fraction of sp³-hybridized carbons (Fsp3) is 0.200. The highest BCUT2D eigenvalue weighted by molar-refractivity contribution is 6.32. The number of aromatic nitrogens is 3. The topological polar surface area (TPSA) is 49.2 Å². The number of halogens is 1. The Hall–Kier alpha value is -2.27. The van der Waals surface area contributed by atoms with Crippen LogP contribution in [0.1, 0.15) is 5.82 Å². The monoisotopic (exact) mass is 303 g/mol. The summed E-state index contributed by atoms with van der Waals surface area (Å²) >= 11 is 6.22. The Morgan fingerprint density at radius 3 is 2.62 bits per heavy atom. The van der Waals surface area contributed by atoms with Crippen LogP contribution in [0.5, 0.6) is 11.6 Å². The standard InChI is InChI=1S/C15H14ClN3O2/c1-9-18-12-6-7-17-15(21-3)14(12)19(9)10-4-5-13(20-2)11(16)8-10/h4-8H,1-3H3. The predicted molar refractivity (Wildman–Crippen MR) is 81.7 cm³/mol. The van der Waals surface area contributed by atoms with Gasteiger partial charge in [0.25, 0.3) is 0 Å². The summed E-state index contributed by atoms with van der Waals surface area (Å²) in [6, 6.07) is 7.44. The maximum atomic E-state index is 6.22. The third kappa shape index (κ3) is 2.19. The molecule has 0 N–H and O–H groups in total. The van der Waals surface area contributed by atoms with Crippen LogP contribution in [0.25, 0.3) is 16.7 Å². The van der Waals surface area contributed by atoms with Crippen LogP contribution in [0.3, 0.4) is 0 Å². The number of methoxy groups -OCH3 is 2. The number of nitrogens with zero attached hydrogens (tertiary/aromatic N) is 3. The van der Waals surface area contributed by atoms with Crippen molar-refractivity contribution in [3.8, 4) is 17.3 Å². The van der Waals surface area contributed by atoms with Gasteiger partial charge in [0.15, 0.2) is 0 Å². The normalized spacial score (nSPS) is 10.9. The van der Waals surface area contributed by atoms with E-state index in [4.69, 9.17) is 21.1 Å². The zero-order valence-corrected chi connectivity index (χ0v) is 12.7. The maximum Gasteiger partial charge on any atom is 0.240 e. The fourth-order valence-electron chi connectivity index (χ4n) is 2.37. The number of hydrogen-bond donors (Lipinski definition) is 0. The quantitative estimate of drug-likeness (QED) is 0.744. The van der Waals surface area contributed by atoms with Crippen LogP contribution < -0.4 is 9.47 Å². The lowest BCUT2D eigenvalue weighted by Crippen LogP contribution is -2.00. The van der Waals surface area contributed by atoms with Gasteiger partial charge in [-0.05, 0) is 31.2 Å². The summed E-state index contributed by atoms with van der Waals surface area (Å²) in [6.45, 7) is 1.93. The van der Waals surface area contributed by atoms with E-state index in [1.807, 2.05) is 35.8 Å². The van der Waals surface area contributed by atoms with Crippen molar-refractivity contribution >= 4 is 22.6 Å². The molecule has 0 fully saturated rings. The molecule has 6 heteroatoms.